The zero-order chi connectivity index (χ0) is 23.2. The van der Waals surface area contributed by atoms with Crippen LogP contribution in [0.15, 0.2) is 65.1 Å². The van der Waals surface area contributed by atoms with Gasteiger partial charge >= 0.3 is 0 Å². The number of carbonyl (C=O) groups is 1. The van der Waals surface area contributed by atoms with E-state index in [1.54, 1.807) is 11.7 Å². The molecule has 2 aromatic carbocycles. The summed E-state index contributed by atoms with van der Waals surface area (Å²) < 4.78 is 6.89. The number of nitrogens with two attached hydrogens (primary N) is 1. The molecule has 1 atom stereocenters. The third-order valence-corrected chi connectivity index (χ3v) is 6.79. The lowest BCUT2D eigenvalue weighted by Crippen LogP contribution is -2.27. The van der Waals surface area contributed by atoms with Gasteiger partial charge in [-0.15, -0.1) is 21.5 Å². The standard InChI is InChI=1S/C23H24N6O2S2/c1-3-19(29-21(24)27-28-23(29)33-13-15-7-5-4-6-8-15)20(30)26-22-25-18(14-32-22)16-9-11-17(31-2)12-10-16/h4-12,14,19H,3,13H2,1-2H3,(H2,24,27)(H,25,26,30). The predicted octanol–water partition coefficient (Wildman–Crippen LogP) is 4.87. The Kier molecular flexibility index (Phi) is 7.26. The summed E-state index contributed by atoms with van der Waals surface area (Å²) in [5.74, 6) is 1.49. The van der Waals surface area contributed by atoms with Gasteiger partial charge in [0, 0.05) is 16.7 Å². The number of methoxy groups -OCH3 is 1. The molecule has 0 aliphatic carbocycles. The van der Waals surface area contributed by atoms with E-state index in [0.29, 0.717) is 22.5 Å². The average molecular weight is 481 g/mol. The van der Waals surface area contributed by atoms with Crippen LogP contribution in [0.3, 0.4) is 0 Å². The first-order chi connectivity index (χ1) is 16.1. The minimum absolute atomic E-state index is 0.207. The number of thioether (sulfide) groups is 1. The van der Waals surface area contributed by atoms with E-state index in [1.807, 2.05) is 66.9 Å². The molecule has 0 saturated heterocycles. The molecule has 170 valence electrons. The smallest absolute Gasteiger partial charge is 0.249 e. The van der Waals surface area contributed by atoms with Crippen LogP contribution in [0.1, 0.15) is 24.9 Å². The van der Waals surface area contributed by atoms with E-state index in [-0.39, 0.29) is 11.9 Å². The van der Waals surface area contributed by atoms with Gasteiger partial charge in [-0.2, -0.15) is 0 Å². The average Bonchev–Trinajstić information content (AvgIpc) is 3.46. The summed E-state index contributed by atoms with van der Waals surface area (Å²) in [5.41, 5.74) is 8.98. The lowest BCUT2D eigenvalue weighted by atomic mass is 10.2. The number of aromatic nitrogens is 4. The van der Waals surface area contributed by atoms with E-state index in [9.17, 15) is 4.79 Å². The van der Waals surface area contributed by atoms with Gasteiger partial charge in [0.1, 0.15) is 11.8 Å². The lowest BCUT2D eigenvalue weighted by Gasteiger charge is -2.18. The molecule has 0 aliphatic heterocycles. The zero-order valence-corrected chi connectivity index (χ0v) is 19.9. The Balaban J connectivity index is 1.47. The highest BCUT2D eigenvalue weighted by Crippen LogP contribution is 2.30. The monoisotopic (exact) mass is 480 g/mol. The molecule has 1 amide bonds. The first-order valence-electron chi connectivity index (χ1n) is 10.4. The van der Waals surface area contributed by atoms with E-state index in [0.717, 1.165) is 22.6 Å². The van der Waals surface area contributed by atoms with Crippen LogP contribution in [0.25, 0.3) is 11.3 Å². The number of hydrogen-bond donors (Lipinski definition) is 2. The van der Waals surface area contributed by atoms with Crippen molar-refractivity contribution in [2.45, 2.75) is 30.3 Å². The lowest BCUT2D eigenvalue weighted by molar-refractivity contribution is -0.119. The van der Waals surface area contributed by atoms with E-state index >= 15 is 0 Å². The van der Waals surface area contributed by atoms with Crippen molar-refractivity contribution in [2.24, 2.45) is 0 Å². The largest absolute Gasteiger partial charge is 0.497 e. The van der Waals surface area contributed by atoms with Crippen LogP contribution < -0.4 is 15.8 Å². The number of amides is 1. The van der Waals surface area contributed by atoms with Gasteiger partial charge in [0.15, 0.2) is 10.3 Å². The molecule has 4 rings (SSSR count). The van der Waals surface area contributed by atoms with Gasteiger partial charge in [-0.05, 0) is 36.2 Å². The molecule has 1 unspecified atom stereocenters. The second-order valence-electron chi connectivity index (χ2n) is 7.16. The predicted molar refractivity (Wildman–Crippen MR) is 132 cm³/mol. The first-order valence-corrected chi connectivity index (χ1v) is 12.2. The van der Waals surface area contributed by atoms with Crippen molar-refractivity contribution in [3.63, 3.8) is 0 Å². The fourth-order valence-electron chi connectivity index (χ4n) is 3.30. The summed E-state index contributed by atoms with van der Waals surface area (Å²) in [6.45, 7) is 1.93. The molecule has 3 N–H and O–H groups in total. The van der Waals surface area contributed by atoms with Gasteiger partial charge in [0.25, 0.3) is 0 Å². The van der Waals surface area contributed by atoms with Gasteiger partial charge in [0.2, 0.25) is 11.9 Å². The maximum absolute atomic E-state index is 13.1. The molecule has 0 radical (unpaired) electrons. The van der Waals surface area contributed by atoms with E-state index in [4.69, 9.17) is 10.5 Å². The molecule has 0 fully saturated rings. The van der Waals surface area contributed by atoms with Gasteiger partial charge in [-0.3, -0.25) is 9.36 Å². The van der Waals surface area contributed by atoms with Crippen molar-refractivity contribution in [3.8, 4) is 17.0 Å². The fourth-order valence-corrected chi connectivity index (χ4v) is 4.97. The summed E-state index contributed by atoms with van der Waals surface area (Å²) in [4.78, 5) is 17.7. The number of anilines is 2. The highest BCUT2D eigenvalue weighted by molar-refractivity contribution is 7.98. The second-order valence-corrected chi connectivity index (χ2v) is 8.97. The SMILES string of the molecule is CCC(C(=O)Nc1nc(-c2ccc(OC)cc2)cs1)n1c(N)nnc1SCc1ccccc1. The number of nitrogens with zero attached hydrogens (tertiary/aromatic N) is 4. The Labute approximate surface area is 200 Å². The zero-order valence-electron chi connectivity index (χ0n) is 18.3. The van der Waals surface area contributed by atoms with Crippen LogP contribution in [0.2, 0.25) is 0 Å². The molecule has 2 aromatic heterocycles. The van der Waals surface area contributed by atoms with Crippen molar-refractivity contribution < 1.29 is 9.53 Å². The summed E-state index contributed by atoms with van der Waals surface area (Å²) in [6.07, 6.45) is 0.531. The molecule has 8 nitrogen and oxygen atoms in total. The van der Waals surface area contributed by atoms with Gasteiger partial charge < -0.3 is 15.8 Å². The van der Waals surface area contributed by atoms with E-state index < -0.39 is 6.04 Å². The molecule has 10 heteroatoms. The van der Waals surface area contributed by atoms with E-state index in [2.05, 4.69) is 20.5 Å². The number of carbonyl (C=O) groups excluding carboxylic acids is 1. The van der Waals surface area contributed by atoms with Gasteiger partial charge in [-0.1, -0.05) is 49.0 Å². The molecule has 4 aromatic rings. The molecule has 0 bridgehead atoms. The number of rotatable bonds is 9. The summed E-state index contributed by atoms with van der Waals surface area (Å²) in [5, 5.41) is 14.2. The van der Waals surface area contributed by atoms with Crippen LogP contribution in [-0.2, 0) is 10.5 Å². The Morgan fingerprint density at radius 3 is 2.64 bits per heavy atom. The Bertz CT molecular complexity index is 1210. The highest BCUT2D eigenvalue weighted by Gasteiger charge is 2.25. The maximum atomic E-state index is 13.1. The minimum Gasteiger partial charge on any atom is -0.497 e. The fraction of sp³-hybridized carbons (Fsp3) is 0.217. The Morgan fingerprint density at radius 2 is 1.94 bits per heavy atom. The summed E-state index contributed by atoms with van der Waals surface area (Å²) in [6, 6.07) is 17.1. The van der Waals surface area contributed by atoms with Crippen molar-refractivity contribution in [1.29, 1.82) is 0 Å². The minimum atomic E-state index is -0.549. The third-order valence-electron chi connectivity index (χ3n) is 5.02. The van der Waals surface area contributed by atoms with Crippen LogP contribution in [0.5, 0.6) is 5.75 Å². The normalized spacial score (nSPS) is 11.8. The van der Waals surface area contributed by atoms with Crippen LogP contribution in [-0.4, -0.2) is 32.8 Å². The third kappa shape index (κ3) is 5.35. The Hall–Kier alpha value is -3.37. The molecular weight excluding hydrogens is 456 g/mol. The molecule has 33 heavy (non-hydrogen) atoms. The molecular formula is C23H24N6O2S2. The van der Waals surface area contributed by atoms with E-state index in [1.165, 1.54) is 23.1 Å². The van der Waals surface area contributed by atoms with Crippen molar-refractivity contribution in [3.05, 3.63) is 65.5 Å². The van der Waals surface area contributed by atoms with Gasteiger partial charge in [0.05, 0.1) is 12.8 Å². The molecule has 2 heterocycles. The second kappa shape index (κ2) is 10.5. The highest BCUT2D eigenvalue weighted by atomic mass is 32.2. The van der Waals surface area contributed by atoms with Crippen molar-refractivity contribution in [1.82, 2.24) is 19.7 Å². The maximum Gasteiger partial charge on any atom is 0.249 e. The summed E-state index contributed by atoms with van der Waals surface area (Å²) in [7, 11) is 1.63. The number of hydrogen-bond acceptors (Lipinski definition) is 8. The molecule has 0 aliphatic rings. The molecule has 0 saturated carbocycles. The number of ether oxygens (including phenoxy) is 1. The summed E-state index contributed by atoms with van der Waals surface area (Å²) >= 11 is 2.87. The van der Waals surface area contributed by atoms with Crippen LogP contribution >= 0.6 is 23.1 Å². The van der Waals surface area contributed by atoms with Crippen molar-refractivity contribution in [2.75, 3.05) is 18.2 Å². The topological polar surface area (TPSA) is 108 Å². The molecule has 0 spiro atoms. The number of nitrogen functional groups attached to an aromatic ring is 1. The number of benzene rings is 2. The van der Waals surface area contributed by atoms with Crippen LogP contribution in [0, 0.1) is 0 Å². The first kappa shape index (κ1) is 22.8. The van der Waals surface area contributed by atoms with Crippen molar-refractivity contribution >= 4 is 40.1 Å². The van der Waals surface area contributed by atoms with Crippen LogP contribution in [0.4, 0.5) is 11.1 Å². The quantitative estimate of drug-likeness (QED) is 0.329. The van der Waals surface area contributed by atoms with Gasteiger partial charge in [-0.25, -0.2) is 4.98 Å². The number of nitrogens with one attached hydrogen (secondary N) is 1. The number of thiazole rings is 1. The Morgan fingerprint density at radius 1 is 1.18 bits per heavy atom.